The van der Waals surface area contributed by atoms with Crippen molar-refractivity contribution in [2.24, 2.45) is 0 Å². The second kappa shape index (κ2) is 7.44. The molecule has 5 nitrogen and oxygen atoms in total. The van der Waals surface area contributed by atoms with Gasteiger partial charge in [-0.25, -0.2) is 4.79 Å². The summed E-state index contributed by atoms with van der Waals surface area (Å²) in [5.41, 5.74) is 0.415. The quantitative estimate of drug-likeness (QED) is 0.831. The Morgan fingerprint density at radius 1 is 1.17 bits per heavy atom. The number of alkyl carbamates (subject to hydrolysis) is 1. The van der Waals surface area contributed by atoms with Gasteiger partial charge in [0.2, 0.25) is 0 Å². The highest BCUT2D eigenvalue weighted by Gasteiger charge is 2.17. The zero-order valence-electron chi connectivity index (χ0n) is 13.7. The van der Waals surface area contributed by atoms with Crippen LogP contribution in [0.5, 0.6) is 0 Å². The normalized spacial score (nSPS) is 12.9. The lowest BCUT2D eigenvalue weighted by Gasteiger charge is -2.20. The van der Waals surface area contributed by atoms with E-state index in [0.717, 1.165) is 16.3 Å². The zero-order valence-corrected chi connectivity index (χ0v) is 13.7. The van der Waals surface area contributed by atoms with Crippen LogP contribution in [-0.2, 0) is 16.1 Å². The molecule has 0 heterocycles. The standard InChI is InChI=1S/C18H23NO4/c1-18(2,3)23-17(21)19-11-16(20)22-12-14-9-6-8-13-7-4-5-10-15(13)14/h4-10,16,20H,11-12H2,1-3H3,(H,19,21)/t16-/m1/s1. The van der Waals surface area contributed by atoms with Gasteiger partial charge in [0.25, 0.3) is 0 Å². The first kappa shape index (κ1) is 17.2. The molecule has 2 N–H and O–H groups in total. The maximum atomic E-state index is 11.5. The van der Waals surface area contributed by atoms with Crippen molar-refractivity contribution in [2.45, 2.75) is 39.3 Å². The van der Waals surface area contributed by atoms with Crippen molar-refractivity contribution in [1.29, 1.82) is 0 Å². The summed E-state index contributed by atoms with van der Waals surface area (Å²) in [5.74, 6) is 0. The van der Waals surface area contributed by atoms with Crippen LogP contribution in [0.15, 0.2) is 42.5 Å². The third-order valence-electron chi connectivity index (χ3n) is 3.13. The minimum Gasteiger partial charge on any atom is -0.444 e. The molecule has 1 atom stereocenters. The molecular weight excluding hydrogens is 294 g/mol. The van der Waals surface area contributed by atoms with E-state index in [1.165, 1.54) is 0 Å². The molecule has 0 spiro atoms. The van der Waals surface area contributed by atoms with Crippen LogP contribution in [0.2, 0.25) is 0 Å². The fourth-order valence-electron chi connectivity index (χ4n) is 2.15. The summed E-state index contributed by atoms with van der Waals surface area (Å²) < 4.78 is 10.5. The van der Waals surface area contributed by atoms with Crippen LogP contribution < -0.4 is 5.32 Å². The summed E-state index contributed by atoms with van der Waals surface area (Å²) in [5, 5.41) is 14.5. The van der Waals surface area contributed by atoms with E-state index in [-0.39, 0.29) is 13.2 Å². The van der Waals surface area contributed by atoms with Crippen LogP contribution >= 0.6 is 0 Å². The maximum absolute atomic E-state index is 11.5. The van der Waals surface area contributed by atoms with Crippen molar-refractivity contribution in [3.63, 3.8) is 0 Å². The van der Waals surface area contributed by atoms with E-state index in [1.807, 2.05) is 42.5 Å². The molecule has 0 aromatic heterocycles. The number of ether oxygens (including phenoxy) is 2. The molecule has 1 amide bonds. The molecule has 0 aliphatic carbocycles. The van der Waals surface area contributed by atoms with Gasteiger partial charge in [-0.2, -0.15) is 0 Å². The Kier molecular flexibility index (Phi) is 5.58. The van der Waals surface area contributed by atoms with Gasteiger partial charge in [-0.1, -0.05) is 42.5 Å². The third-order valence-corrected chi connectivity index (χ3v) is 3.13. The number of amides is 1. The van der Waals surface area contributed by atoms with Gasteiger partial charge in [0, 0.05) is 0 Å². The molecule has 5 heteroatoms. The average molecular weight is 317 g/mol. The number of carbonyl (C=O) groups is 1. The minimum atomic E-state index is -1.10. The van der Waals surface area contributed by atoms with Gasteiger partial charge in [0.15, 0.2) is 6.29 Å². The molecule has 0 unspecified atom stereocenters. The van der Waals surface area contributed by atoms with Crippen LogP contribution in [0.25, 0.3) is 10.8 Å². The largest absolute Gasteiger partial charge is 0.444 e. The number of hydrogen-bond donors (Lipinski definition) is 2. The second-order valence-corrected chi connectivity index (χ2v) is 6.29. The van der Waals surface area contributed by atoms with Gasteiger partial charge in [0.1, 0.15) is 5.60 Å². The number of nitrogens with one attached hydrogen (secondary N) is 1. The molecule has 0 aliphatic rings. The number of rotatable bonds is 5. The van der Waals surface area contributed by atoms with Crippen LogP contribution in [0.3, 0.4) is 0 Å². The predicted molar refractivity (Wildman–Crippen MR) is 89.0 cm³/mol. The first-order valence-corrected chi connectivity index (χ1v) is 7.58. The summed E-state index contributed by atoms with van der Waals surface area (Å²) in [6.07, 6.45) is -1.67. The molecule has 2 aromatic rings. The molecule has 0 saturated heterocycles. The molecule has 0 aliphatic heterocycles. The minimum absolute atomic E-state index is 0.0281. The monoisotopic (exact) mass is 317 g/mol. The van der Waals surface area contributed by atoms with E-state index in [9.17, 15) is 9.90 Å². The van der Waals surface area contributed by atoms with E-state index >= 15 is 0 Å². The van der Waals surface area contributed by atoms with Crippen LogP contribution in [0.1, 0.15) is 26.3 Å². The van der Waals surface area contributed by atoms with Crippen LogP contribution in [-0.4, -0.2) is 29.6 Å². The average Bonchev–Trinajstić information content (AvgIpc) is 2.49. The molecular formula is C18H23NO4. The number of fused-ring (bicyclic) bond motifs is 1. The molecule has 124 valence electrons. The number of aliphatic hydroxyl groups is 1. The van der Waals surface area contributed by atoms with Gasteiger partial charge in [-0.05, 0) is 37.1 Å². The molecule has 23 heavy (non-hydrogen) atoms. The van der Waals surface area contributed by atoms with Crippen molar-refractivity contribution in [1.82, 2.24) is 5.32 Å². The first-order valence-electron chi connectivity index (χ1n) is 7.58. The third kappa shape index (κ3) is 5.54. The van der Waals surface area contributed by atoms with Gasteiger partial charge in [-0.15, -0.1) is 0 Å². The summed E-state index contributed by atoms with van der Waals surface area (Å²) in [7, 11) is 0. The van der Waals surface area contributed by atoms with E-state index in [2.05, 4.69) is 5.32 Å². The van der Waals surface area contributed by atoms with Crippen LogP contribution in [0, 0.1) is 0 Å². The van der Waals surface area contributed by atoms with Gasteiger partial charge in [0.05, 0.1) is 13.2 Å². The van der Waals surface area contributed by atoms with E-state index < -0.39 is 18.0 Å². The summed E-state index contributed by atoms with van der Waals surface area (Å²) in [6, 6.07) is 13.9. The number of hydrogen-bond acceptors (Lipinski definition) is 4. The maximum Gasteiger partial charge on any atom is 0.407 e. The number of carbonyl (C=O) groups excluding carboxylic acids is 1. The Morgan fingerprint density at radius 3 is 2.61 bits per heavy atom. The van der Waals surface area contributed by atoms with Gasteiger partial charge >= 0.3 is 6.09 Å². The van der Waals surface area contributed by atoms with Gasteiger partial charge < -0.3 is 19.9 Å². The lowest BCUT2D eigenvalue weighted by atomic mass is 10.1. The fourth-order valence-corrected chi connectivity index (χ4v) is 2.15. The lowest BCUT2D eigenvalue weighted by molar-refractivity contribution is -0.104. The molecule has 2 rings (SSSR count). The molecule has 0 fully saturated rings. The van der Waals surface area contributed by atoms with Gasteiger partial charge in [-0.3, -0.25) is 0 Å². The highest BCUT2D eigenvalue weighted by Crippen LogP contribution is 2.19. The van der Waals surface area contributed by atoms with E-state index in [0.29, 0.717) is 0 Å². The second-order valence-electron chi connectivity index (χ2n) is 6.29. The van der Waals surface area contributed by atoms with E-state index in [1.54, 1.807) is 20.8 Å². The number of aliphatic hydroxyl groups excluding tert-OH is 1. The highest BCUT2D eigenvalue weighted by molar-refractivity contribution is 5.85. The Labute approximate surface area is 136 Å². The van der Waals surface area contributed by atoms with Crippen molar-refractivity contribution >= 4 is 16.9 Å². The molecule has 0 saturated carbocycles. The summed E-state index contributed by atoms with van der Waals surface area (Å²) >= 11 is 0. The molecule has 0 radical (unpaired) electrons. The van der Waals surface area contributed by atoms with Crippen molar-refractivity contribution < 1.29 is 19.4 Å². The van der Waals surface area contributed by atoms with Crippen molar-refractivity contribution in [3.8, 4) is 0 Å². The smallest absolute Gasteiger partial charge is 0.407 e. The Morgan fingerprint density at radius 2 is 1.87 bits per heavy atom. The first-order chi connectivity index (χ1) is 10.8. The Bertz CT molecular complexity index is 658. The zero-order chi connectivity index (χ0) is 16.9. The predicted octanol–water partition coefficient (Wildman–Crippen LogP) is 3.20. The number of benzene rings is 2. The van der Waals surface area contributed by atoms with Crippen molar-refractivity contribution in [2.75, 3.05) is 6.54 Å². The lowest BCUT2D eigenvalue weighted by Crippen LogP contribution is -2.37. The fraction of sp³-hybridized carbons (Fsp3) is 0.389. The highest BCUT2D eigenvalue weighted by atomic mass is 16.6. The summed E-state index contributed by atoms with van der Waals surface area (Å²) in [4.78, 5) is 11.5. The Hall–Kier alpha value is -2.11. The molecule has 0 bridgehead atoms. The Balaban J connectivity index is 1.84. The van der Waals surface area contributed by atoms with E-state index in [4.69, 9.17) is 9.47 Å². The summed E-state index contributed by atoms with van der Waals surface area (Å²) in [6.45, 7) is 5.57. The van der Waals surface area contributed by atoms with Crippen LogP contribution in [0.4, 0.5) is 4.79 Å². The SMILES string of the molecule is CC(C)(C)OC(=O)NC[C@H](O)OCc1cccc2ccccc12. The van der Waals surface area contributed by atoms with Crippen molar-refractivity contribution in [3.05, 3.63) is 48.0 Å². The topological polar surface area (TPSA) is 67.8 Å². The molecule has 2 aromatic carbocycles.